The van der Waals surface area contributed by atoms with E-state index in [1.807, 2.05) is 37.3 Å². The summed E-state index contributed by atoms with van der Waals surface area (Å²) < 4.78 is 27.6. The van der Waals surface area contributed by atoms with E-state index in [-0.39, 0.29) is 18.7 Å². The average molecular weight is 1010 g/mol. The number of pyridine rings is 1. The number of piperidine rings is 2. The lowest BCUT2D eigenvalue weighted by molar-refractivity contribution is -0.135. The number of hydrogen-bond acceptors (Lipinski definition) is 14. The van der Waals surface area contributed by atoms with E-state index in [0.717, 1.165) is 117 Å². The van der Waals surface area contributed by atoms with Crippen molar-refractivity contribution in [2.24, 2.45) is 0 Å². The third-order valence-corrected chi connectivity index (χ3v) is 15.8. The highest BCUT2D eigenvalue weighted by Gasteiger charge is 2.33. The number of oxazole rings is 1. The van der Waals surface area contributed by atoms with Crippen LogP contribution in [-0.4, -0.2) is 113 Å². The first-order chi connectivity index (χ1) is 32.7. The number of carbonyl (C=O) groups is 2. The number of methoxy groups -OCH3 is 1. The molecule has 3 N–H and O–H groups in total. The molecule has 1 atom stereocenters. The third kappa shape index (κ3) is 9.81. The van der Waals surface area contributed by atoms with Crippen LogP contribution in [0.5, 0.6) is 5.75 Å². The Bertz CT molecular complexity index is 3010. The lowest BCUT2D eigenvalue weighted by Crippen LogP contribution is -2.53. The summed E-state index contributed by atoms with van der Waals surface area (Å²) in [6.45, 7) is 16.4. The second-order valence-electron chi connectivity index (χ2n) is 18.5. The third-order valence-electron chi connectivity index (χ3n) is 13.7. The van der Waals surface area contributed by atoms with Crippen LogP contribution in [0.2, 0.25) is 0 Å². The zero-order chi connectivity index (χ0) is 47.9. The van der Waals surface area contributed by atoms with Crippen LogP contribution in [0.3, 0.4) is 0 Å². The number of aromatic nitrogens is 4. The van der Waals surface area contributed by atoms with Gasteiger partial charge in [-0.05, 0) is 122 Å². The van der Waals surface area contributed by atoms with E-state index < -0.39 is 24.8 Å². The topological polar surface area (TPSA) is 180 Å². The molecule has 0 radical (unpaired) electrons. The van der Waals surface area contributed by atoms with Gasteiger partial charge in [0.25, 0.3) is 0 Å². The Labute approximate surface area is 404 Å². The molecule has 3 aromatic carbocycles. The van der Waals surface area contributed by atoms with Crippen LogP contribution in [0.1, 0.15) is 68.0 Å². The quantitative estimate of drug-likeness (QED) is 0.0715. The van der Waals surface area contributed by atoms with Crippen molar-refractivity contribution in [1.29, 1.82) is 0 Å². The maximum atomic E-state index is 13.7. The van der Waals surface area contributed by atoms with Gasteiger partial charge < -0.3 is 34.2 Å². The maximum absolute atomic E-state index is 13.7. The lowest BCUT2D eigenvalue weighted by atomic mass is 9.99. The summed E-state index contributed by atoms with van der Waals surface area (Å²) in [5, 5.41) is 10.8. The fraction of sp³-hybridized carbons (Fsp3) is 0.440. The van der Waals surface area contributed by atoms with Crippen LogP contribution in [0.15, 0.2) is 68.4 Å². The number of nitrogens with one attached hydrogen (secondary N) is 3. The van der Waals surface area contributed by atoms with Crippen molar-refractivity contribution in [3.8, 4) is 5.75 Å². The van der Waals surface area contributed by atoms with Gasteiger partial charge in [-0.2, -0.15) is 4.98 Å². The van der Waals surface area contributed by atoms with Crippen molar-refractivity contribution < 1.29 is 23.3 Å². The molecule has 0 bridgehead atoms. The molecule has 3 fully saturated rings. The summed E-state index contributed by atoms with van der Waals surface area (Å²) in [5.41, 5.74) is 8.74. The van der Waals surface area contributed by atoms with Crippen LogP contribution >= 0.6 is 23.1 Å². The first kappa shape index (κ1) is 47.5. The minimum absolute atomic E-state index is 0.187. The van der Waals surface area contributed by atoms with Crippen molar-refractivity contribution in [3.63, 3.8) is 0 Å². The molecule has 6 aromatic rings. The van der Waals surface area contributed by atoms with E-state index in [1.54, 1.807) is 26.6 Å². The second kappa shape index (κ2) is 19.8. The molecule has 0 saturated carbocycles. The van der Waals surface area contributed by atoms with Crippen molar-refractivity contribution in [2.45, 2.75) is 77.8 Å². The Hall–Kier alpha value is -5.61. The summed E-state index contributed by atoms with van der Waals surface area (Å²) in [7, 11) is -1.06. The number of halogens is 1. The molecule has 0 aliphatic carbocycles. The normalized spacial score (nSPS) is 17.8. The van der Waals surface area contributed by atoms with Gasteiger partial charge in [-0.25, -0.2) is 9.78 Å². The van der Waals surface area contributed by atoms with Crippen LogP contribution in [0, 0.1) is 6.92 Å². The lowest BCUT2D eigenvalue weighted by Gasteiger charge is -2.43. The van der Waals surface area contributed by atoms with Gasteiger partial charge in [-0.1, -0.05) is 26.0 Å². The Balaban J connectivity index is 0.820. The molecule has 16 nitrogen and oxygen atoms in total. The molecule has 1 unspecified atom stereocenters. The highest BCUT2D eigenvalue weighted by molar-refractivity contribution is 9.10. The van der Waals surface area contributed by atoms with Gasteiger partial charge in [-0.3, -0.25) is 29.4 Å². The Morgan fingerprint density at radius 2 is 1.68 bits per heavy atom. The fourth-order valence-corrected chi connectivity index (χ4v) is 12.0. The molecule has 3 aromatic heterocycles. The Morgan fingerprint density at radius 1 is 0.897 bits per heavy atom. The number of nitrogens with zero attached hydrogens (tertiary/aromatic N) is 7. The Morgan fingerprint density at radius 3 is 2.38 bits per heavy atom. The smallest absolute Gasteiger partial charge is 0.420 e. The highest BCUT2D eigenvalue weighted by Crippen LogP contribution is 2.42. The predicted octanol–water partition coefficient (Wildman–Crippen LogP) is 7.68. The van der Waals surface area contributed by atoms with Gasteiger partial charge in [0, 0.05) is 92.6 Å². The molecule has 6 heterocycles. The number of hydrogen-bond donors (Lipinski definition) is 3. The standard InChI is InChI=1S/C50H60BrN10O6P/c1-7-31-27-39(55-49-52-29-36(51)47(57-49)54-38-12-11-37-35(46(38)68(5,6)65)10-9-33(8-2)53-37)43(66-4)28-41(31)60-19-16-34(17-20-60)59-23-21-58(22-24-59)18-15-32-25-30(3)26-42-45(32)67-50(64)61(42)40-13-14-44(62)56-48(40)63/h9-12,25-29,34,40H,7-8,13-24H2,1-6H3,(H,56,62,63)(H2,52,54,55,57). The van der Waals surface area contributed by atoms with E-state index in [1.165, 1.54) is 15.8 Å². The van der Waals surface area contributed by atoms with Gasteiger partial charge in [0.2, 0.25) is 17.8 Å². The van der Waals surface area contributed by atoms with Crippen LogP contribution < -0.4 is 36.6 Å². The minimum atomic E-state index is -2.74. The summed E-state index contributed by atoms with van der Waals surface area (Å²) in [6, 6.07) is 15.9. The number of ether oxygens (including phenoxy) is 1. The molecule has 3 saturated heterocycles. The summed E-state index contributed by atoms with van der Waals surface area (Å²) in [5.74, 6) is 0.268. The van der Waals surface area contributed by atoms with Crippen molar-refractivity contribution in [2.75, 3.05) is 81.8 Å². The van der Waals surface area contributed by atoms with Crippen LogP contribution in [0.4, 0.5) is 28.8 Å². The van der Waals surface area contributed by atoms with Gasteiger partial charge in [-0.15, -0.1) is 0 Å². The number of amides is 2. The number of aryl methyl sites for hydroxylation is 3. The van der Waals surface area contributed by atoms with Gasteiger partial charge in [0.05, 0.1) is 34.0 Å². The zero-order valence-electron chi connectivity index (χ0n) is 39.7. The number of anilines is 5. The van der Waals surface area contributed by atoms with Gasteiger partial charge >= 0.3 is 5.76 Å². The average Bonchev–Trinajstić information content (AvgIpc) is 3.66. The van der Waals surface area contributed by atoms with E-state index in [2.05, 4.69) is 83.6 Å². The van der Waals surface area contributed by atoms with E-state index >= 15 is 0 Å². The number of carbonyl (C=O) groups excluding carboxylic acids is 2. The van der Waals surface area contributed by atoms with E-state index in [0.29, 0.717) is 44.8 Å². The van der Waals surface area contributed by atoms with Crippen LogP contribution in [-0.2, 0) is 33.4 Å². The minimum Gasteiger partial charge on any atom is -0.494 e. The molecule has 3 aliphatic heterocycles. The van der Waals surface area contributed by atoms with Crippen molar-refractivity contribution in [3.05, 3.63) is 92.1 Å². The molecule has 68 heavy (non-hydrogen) atoms. The van der Waals surface area contributed by atoms with Crippen LogP contribution in [0.25, 0.3) is 22.0 Å². The highest BCUT2D eigenvalue weighted by atomic mass is 79.9. The number of benzene rings is 3. The SMILES string of the molecule is CCc1ccc2c(P(C)(C)=O)c(Nc3nc(Nc4cc(CC)c(N5CCC(N6CCN(CCc7cc(C)cc8c7oc(=O)n8C7CCC(=O)NC7=O)CC6)CC5)cc4OC)ncc3Br)ccc2n1. The van der Waals surface area contributed by atoms with Gasteiger partial charge in [0.15, 0.2) is 5.58 Å². The van der Waals surface area contributed by atoms with Crippen molar-refractivity contribution >= 4 is 91.0 Å². The molecule has 2 amide bonds. The zero-order valence-corrected chi connectivity index (χ0v) is 42.1. The number of fused-ring (bicyclic) bond motifs is 2. The first-order valence-corrected chi connectivity index (χ1v) is 27.1. The molecule has 358 valence electrons. The summed E-state index contributed by atoms with van der Waals surface area (Å²) in [6.07, 6.45) is 6.68. The molecule has 18 heteroatoms. The number of imide groups is 1. The van der Waals surface area contributed by atoms with E-state index in [9.17, 15) is 18.9 Å². The maximum Gasteiger partial charge on any atom is 0.420 e. The largest absolute Gasteiger partial charge is 0.494 e. The number of piperazine rings is 1. The summed E-state index contributed by atoms with van der Waals surface area (Å²) >= 11 is 3.63. The van der Waals surface area contributed by atoms with Gasteiger partial charge in [0.1, 0.15) is 24.8 Å². The van der Waals surface area contributed by atoms with Crippen molar-refractivity contribution in [1.82, 2.24) is 34.6 Å². The second-order valence-corrected chi connectivity index (χ2v) is 22.5. The van der Waals surface area contributed by atoms with E-state index in [4.69, 9.17) is 19.1 Å². The molecule has 0 spiro atoms. The predicted molar refractivity (Wildman–Crippen MR) is 272 cm³/mol. The monoisotopic (exact) mass is 1010 g/mol. The first-order valence-electron chi connectivity index (χ1n) is 23.7. The Kier molecular flexibility index (Phi) is 13.8. The molecule has 3 aliphatic rings. The molecular formula is C50H60BrN10O6P. The molecule has 9 rings (SSSR count). The summed E-state index contributed by atoms with van der Waals surface area (Å²) in [4.78, 5) is 59.4. The fourth-order valence-electron chi connectivity index (χ4n) is 10.2. The molecular weight excluding hydrogens is 947 g/mol. The number of rotatable bonds is 14.